The number of hydrogen-bond acceptors (Lipinski definition) is 1. The smallest absolute Gasteiger partial charge is 0.0626 e. The maximum Gasteiger partial charge on any atom is 0.0626 e. The summed E-state index contributed by atoms with van der Waals surface area (Å²) in [5, 5.41) is 0. The number of ether oxygens (including phenoxy) is 1. The van der Waals surface area contributed by atoms with Crippen LogP contribution in [0.3, 0.4) is 0 Å². The van der Waals surface area contributed by atoms with Gasteiger partial charge in [0.05, 0.1) is 5.60 Å². The topological polar surface area (TPSA) is 9.23 Å². The molecule has 0 bridgehead atoms. The Morgan fingerprint density at radius 2 is 2.00 bits per heavy atom. The highest BCUT2D eigenvalue weighted by molar-refractivity contribution is 4.88. The molecule has 0 spiro atoms. The molecule has 0 unspecified atom stereocenters. The summed E-state index contributed by atoms with van der Waals surface area (Å²) in [6.45, 7) is 13.1. The second-order valence-corrected chi connectivity index (χ2v) is 4.00. The van der Waals surface area contributed by atoms with E-state index in [2.05, 4.69) is 27.4 Å². The van der Waals surface area contributed by atoms with Crippen LogP contribution in [0.2, 0.25) is 0 Å². The normalized spacial score (nSPS) is 11.7. The van der Waals surface area contributed by atoms with Crippen LogP contribution in [0.1, 0.15) is 47.0 Å². The van der Waals surface area contributed by atoms with Crippen LogP contribution in [0, 0.1) is 0 Å². The van der Waals surface area contributed by atoms with E-state index in [9.17, 15) is 0 Å². The molecule has 12 heavy (non-hydrogen) atoms. The summed E-state index contributed by atoms with van der Waals surface area (Å²) in [4.78, 5) is 0. The van der Waals surface area contributed by atoms with Crippen molar-refractivity contribution in [2.75, 3.05) is 6.61 Å². The van der Waals surface area contributed by atoms with E-state index >= 15 is 0 Å². The number of rotatable bonds is 6. The van der Waals surface area contributed by atoms with Gasteiger partial charge < -0.3 is 4.74 Å². The molecule has 0 aromatic carbocycles. The first kappa shape index (κ1) is 11.7. The Bertz CT molecular complexity index is 136. The average Bonchev–Trinajstić information content (AvgIpc) is 1.85. The molecule has 0 saturated carbocycles. The van der Waals surface area contributed by atoms with Crippen LogP contribution >= 0.6 is 0 Å². The molecule has 0 fully saturated rings. The quantitative estimate of drug-likeness (QED) is 0.554. The summed E-state index contributed by atoms with van der Waals surface area (Å²) < 4.78 is 5.58. The summed E-state index contributed by atoms with van der Waals surface area (Å²) in [6.07, 6.45) is 3.42. The number of allylic oxidation sites excluding steroid dienone is 1. The number of hydrogen-bond donors (Lipinski definition) is 0. The van der Waals surface area contributed by atoms with Crippen LogP contribution in [0.5, 0.6) is 0 Å². The zero-order valence-corrected chi connectivity index (χ0v) is 8.94. The molecule has 0 atom stereocenters. The van der Waals surface area contributed by atoms with E-state index < -0.39 is 0 Å². The predicted molar refractivity (Wildman–Crippen MR) is 54.4 cm³/mol. The van der Waals surface area contributed by atoms with Gasteiger partial charge in [0.2, 0.25) is 0 Å². The van der Waals surface area contributed by atoms with Crippen LogP contribution in [-0.4, -0.2) is 12.2 Å². The second-order valence-electron chi connectivity index (χ2n) is 4.00. The van der Waals surface area contributed by atoms with Crippen LogP contribution in [0.4, 0.5) is 0 Å². The highest BCUT2D eigenvalue weighted by atomic mass is 16.5. The summed E-state index contributed by atoms with van der Waals surface area (Å²) in [6, 6.07) is 0. The average molecular weight is 170 g/mol. The fraction of sp³-hybridized carbons (Fsp3) is 0.818. The molecule has 0 aromatic heterocycles. The third-order valence-electron chi connectivity index (χ3n) is 1.92. The van der Waals surface area contributed by atoms with E-state index in [0.29, 0.717) is 0 Å². The van der Waals surface area contributed by atoms with Crippen molar-refractivity contribution in [2.24, 2.45) is 0 Å². The van der Waals surface area contributed by atoms with Crippen molar-refractivity contribution >= 4 is 0 Å². The molecular formula is C11H22O. The summed E-state index contributed by atoms with van der Waals surface area (Å²) in [5.74, 6) is 0. The fourth-order valence-corrected chi connectivity index (χ4v) is 1.28. The van der Waals surface area contributed by atoms with Crippen LogP contribution in [0.25, 0.3) is 0 Å². The first-order valence-corrected chi connectivity index (χ1v) is 4.76. The monoisotopic (exact) mass is 170 g/mol. The summed E-state index contributed by atoms with van der Waals surface area (Å²) in [7, 11) is 0. The van der Waals surface area contributed by atoms with Crippen molar-refractivity contribution in [3.05, 3.63) is 12.2 Å². The third-order valence-corrected chi connectivity index (χ3v) is 1.92. The molecule has 0 aliphatic carbocycles. The molecule has 0 rings (SSSR count). The minimum absolute atomic E-state index is 0.0458. The van der Waals surface area contributed by atoms with Gasteiger partial charge in [0, 0.05) is 6.61 Å². The van der Waals surface area contributed by atoms with Crippen molar-refractivity contribution in [3.8, 4) is 0 Å². The Morgan fingerprint density at radius 3 is 2.42 bits per heavy atom. The minimum Gasteiger partial charge on any atom is -0.376 e. The van der Waals surface area contributed by atoms with Gasteiger partial charge in [-0.2, -0.15) is 0 Å². The molecule has 1 nitrogen and oxygen atoms in total. The van der Waals surface area contributed by atoms with Gasteiger partial charge in [-0.25, -0.2) is 0 Å². The molecule has 0 N–H and O–H groups in total. The van der Waals surface area contributed by atoms with Crippen molar-refractivity contribution in [1.82, 2.24) is 0 Å². The lowest BCUT2D eigenvalue weighted by molar-refractivity contribution is -0.0172. The second kappa shape index (κ2) is 5.36. The molecular weight excluding hydrogens is 148 g/mol. The molecule has 0 aromatic rings. The van der Waals surface area contributed by atoms with Gasteiger partial charge in [-0.15, -0.1) is 6.58 Å². The van der Waals surface area contributed by atoms with Crippen molar-refractivity contribution in [3.63, 3.8) is 0 Å². The van der Waals surface area contributed by atoms with Gasteiger partial charge in [-0.1, -0.05) is 5.57 Å². The maximum absolute atomic E-state index is 5.58. The lowest BCUT2D eigenvalue weighted by Gasteiger charge is -2.24. The molecule has 1 heteroatoms. The van der Waals surface area contributed by atoms with Gasteiger partial charge in [-0.05, 0) is 47.0 Å². The molecule has 0 radical (unpaired) electrons. The molecule has 0 heterocycles. The fourth-order valence-electron chi connectivity index (χ4n) is 1.28. The van der Waals surface area contributed by atoms with Crippen LogP contribution < -0.4 is 0 Å². The molecule has 0 saturated heterocycles. The highest BCUT2D eigenvalue weighted by Gasteiger charge is 2.16. The summed E-state index contributed by atoms with van der Waals surface area (Å²) >= 11 is 0. The van der Waals surface area contributed by atoms with Crippen molar-refractivity contribution in [2.45, 2.75) is 52.6 Å². The van der Waals surface area contributed by atoms with Gasteiger partial charge in [-0.3, -0.25) is 0 Å². The Morgan fingerprint density at radius 1 is 1.42 bits per heavy atom. The third kappa shape index (κ3) is 6.41. The highest BCUT2D eigenvalue weighted by Crippen LogP contribution is 2.18. The van der Waals surface area contributed by atoms with Gasteiger partial charge >= 0.3 is 0 Å². The van der Waals surface area contributed by atoms with Gasteiger partial charge in [0.15, 0.2) is 0 Å². The van der Waals surface area contributed by atoms with E-state index in [1.807, 2.05) is 6.92 Å². The zero-order chi connectivity index (χ0) is 9.61. The van der Waals surface area contributed by atoms with E-state index in [-0.39, 0.29) is 5.60 Å². The van der Waals surface area contributed by atoms with E-state index in [0.717, 1.165) is 19.4 Å². The maximum atomic E-state index is 5.58. The SMILES string of the molecule is C=C(C)CCCC(C)(C)OCC. The van der Waals surface area contributed by atoms with Crippen molar-refractivity contribution < 1.29 is 4.74 Å². The van der Waals surface area contributed by atoms with Crippen molar-refractivity contribution in [1.29, 1.82) is 0 Å². The predicted octanol–water partition coefficient (Wildman–Crippen LogP) is 3.55. The lowest BCUT2D eigenvalue weighted by atomic mass is 9.99. The van der Waals surface area contributed by atoms with Crippen LogP contribution in [0.15, 0.2) is 12.2 Å². The minimum atomic E-state index is 0.0458. The summed E-state index contributed by atoms with van der Waals surface area (Å²) in [5.41, 5.74) is 1.31. The Hall–Kier alpha value is -0.300. The van der Waals surface area contributed by atoms with E-state index in [1.165, 1.54) is 12.0 Å². The lowest BCUT2D eigenvalue weighted by Crippen LogP contribution is -2.24. The molecule has 0 aliphatic heterocycles. The molecule has 0 amide bonds. The Labute approximate surface area is 76.8 Å². The van der Waals surface area contributed by atoms with Gasteiger partial charge in [0.25, 0.3) is 0 Å². The largest absolute Gasteiger partial charge is 0.376 e. The Balaban J connectivity index is 3.53. The first-order chi connectivity index (χ1) is 5.48. The standard InChI is InChI=1S/C11H22O/c1-6-12-11(4,5)9-7-8-10(2)3/h2,6-9H2,1,3-5H3. The molecule has 0 aliphatic rings. The Kier molecular flexibility index (Phi) is 5.23. The van der Waals surface area contributed by atoms with Gasteiger partial charge in [0.1, 0.15) is 0 Å². The molecule has 72 valence electrons. The first-order valence-electron chi connectivity index (χ1n) is 4.76. The van der Waals surface area contributed by atoms with E-state index in [1.54, 1.807) is 0 Å². The zero-order valence-electron chi connectivity index (χ0n) is 8.94. The van der Waals surface area contributed by atoms with Crippen LogP contribution in [-0.2, 0) is 4.74 Å². The van der Waals surface area contributed by atoms with E-state index in [4.69, 9.17) is 4.74 Å².